The van der Waals surface area contributed by atoms with Gasteiger partial charge in [-0.3, -0.25) is 14.3 Å². The fourth-order valence-corrected chi connectivity index (χ4v) is 3.48. The number of nitrogens with one attached hydrogen (secondary N) is 1. The smallest absolute Gasteiger partial charge is 0.329 e. The molecule has 0 saturated carbocycles. The van der Waals surface area contributed by atoms with Crippen molar-refractivity contribution in [3.05, 3.63) is 43.0 Å². The SMILES string of the molecule is Cc1cn([C@H]2C[C@H](O)C(CO)(N=[N+]=[N-])S2)c(=O)[nH]c1=O. The average Bonchev–Trinajstić information content (AvgIpc) is 2.72. The second kappa shape index (κ2) is 5.33. The molecule has 0 amide bonds. The summed E-state index contributed by atoms with van der Waals surface area (Å²) in [6, 6.07) is 0. The van der Waals surface area contributed by atoms with Gasteiger partial charge < -0.3 is 10.2 Å². The van der Waals surface area contributed by atoms with Crippen molar-refractivity contribution in [2.24, 2.45) is 5.11 Å². The van der Waals surface area contributed by atoms with Gasteiger partial charge in [-0.05, 0) is 12.5 Å². The van der Waals surface area contributed by atoms with Crippen molar-refractivity contribution in [1.29, 1.82) is 0 Å². The number of azide groups is 1. The first-order valence-electron chi connectivity index (χ1n) is 5.78. The van der Waals surface area contributed by atoms with Crippen LogP contribution in [-0.2, 0) is 0 Å². The maximum Gasteiger partial charge on any atom is 0.329 e. The van der Waals surface area contributed by atoms with E-state index in [0.29, 0.717) is 5.56 Å². The fourth-order valence-electron chi connectivity index (χ4n) is 2.05. The maximum absolute atomic E-state index is 11.8. The quantitative estimate of drug-likeness (QED) is 0.403. The highest BCUT2D eigenvalue weighted by Crippen LogP contribution is 2.49. The Morgan fingerprint density at radius 2 is 2.40 bits per heavy atom. The molecule has 0 aromatic carbocycles. The van der Waals surface area contributed by atoms with Gasteiger partial charge in [-0.15, -0.1) is 11.8 Å². The molecule has 1 fully saturated rings. The fraction of sp³-hybridized carbons (Fsp3) is 0.600. The second-order valence-corrected chi connectivity index (χ2v) is 5.98. The van der Waals surface area contributed by atoms with E-state index in [-0.39, 0.29) is 6.42 Å². The molecule has 1 unspecified atom stereocenters. The van der Waals surface area contributed by atoms with Crippen LogP contribution in [0.1, 0.15) is 17.4 Å². The Balaban J connectivity index is 2.43. The molecule has 3 atom stereocenters. The zero-order chi connectivity index (χ0) is 14.9. The molecular weight excluding hydrogens is 286 g/mol. The Hall–Kier alpha value is -1.74. The molecule has 3 N–H and O–H groups in total. The minimum absolute atomic E-state index is 0.121. The first-order chi connectivity index (χ1) is 9.43. The zero-order valence-corrected chi connectivity index (χ0v) is 11.4. The van der Waals surface area contributed by atoms with E-state index in [1.54, 1.807) is 6.92 Å². The van der Waals surface area contributed by atoms with Crippen LogP contribution in [0.25, 0.3) is 10.4 Å². The Kier molecular flexibility index (Phi) is 3.91. The molecule has 2 heterocycles. The number of aliphatic hydroxyl groups excluding tert-OH is 2. The standard InChI is InChI=1S/C10H13N5O4S/c1-5-3-15(9(19)12-8(5)18)7-2-6(17)10(4-16,20-7)13-14-11/h3,6-7,16-17H,2,4H2,1H3,(H,12,18,19)/t6-,7+,10?/m0/s1. The third-order valence-corrected chi connectivity index (χ3v) is 4.76. The van der Waals surface area contributed by atoms with Crippen molar-refractivity contribution in [3.63, 3.8) is 0 Å². The van der Waals surface area contributed by atoms with E-state index in [1.807, 2.05) is 0 Å². The van der Waals surface area contributed by atoms with E-state index >= 15 is 0 Å². The summed E-state index contributed by atoms with van der Waals surface area (Å²) >= 11 is 0.993. The number of hydrogen-bond acceptors (Lipinski definition) is 6. The van der Waals surface area contributed by atoms with Crippen LogP contribution in [0.15, 0.2) is 20.9 Å². The highest BCUT2D eigenvalue weighted by Gasteiger charge is 2.48. The number of nitrogens with zero attached hydrogens (tertiary/aromatic N) is 4. The van der Waals surface area contributed by atoms with E-state index < -0.39 is 34.2 Å². The van der Waals surface area contributed by atoms with E-state index in [1.165, 1.54) is 10.8 Å². The van der Waals surface area contributed by atoms with Crippen LogP contribution >= 0.6 is 11.8 Å². The first-order valence-corrected chi connectivity index (χ1v) is 6.66. The minimum atomic E-state index is -1.41. The van der Waals surface area contributed by atoms with Crippen molar-refractivity contribution in [2.45, 2.75) is 29.7 Å². The predicted molar refractivity (Wildman–Crippen MR) is 72.3 cm³/mol. The molecule has 1 aromatic rings. The molecule has 0 aliphatic carbocycles. The van der Waals surface area contributed by atoms with Crippen LogP contribution in [0.4, 0.5) is 0 Å². The molecule has 1 aliphatic heterocycles. The topological polar surface area (TPSA) is 144 Å². The Morgan fingerprint density at radius 3 is 3.00 bits per heavy atom. The summed E-state index contributed by atoms with van der Waals surface area (Å²) in [5, 5.41) is 22.3. The van der Waals surface area contributed by atoms with Gasteiger partial charge in [0.25, 0.3) is 5.56 Å². The van der Waals surface area contributed by atoms with Crippen molar-refractivity contribution in [2.75, 3.05) is 6.61 Å². The Morgan fingerprint density at radius 1 is 1.70 bits per heavy atom. The number of H-pyrrole nitrogens is 1. The van der Waals surface area contributed by atoms with Crippen LogP contribution < -0.4 is 11.2 Å². The van der Waals surface area contributed by atoms with Gasteiger partial charge in [-0.2, -0.15) is 0 Å². The summed E-state index contributed by atoms with van der Waals surface area (Å²) in [7, 11) is 0. The number of thioether (sulfide) groups is 1. The molecule has 0 radical (unpaired) electrons. The van der Waals surface area contributed by atoms with E-state index in [4.69, 9.17) is 5.53 Å². The summed E-state index contributed by atoms with van der Waals surface area (Å²) in [6.45, 7) is 1.01. The van der Waals surface area contributed by atoms with Crippen LogP contribution in [0.3, 0.4) is 0 Å². The lowest BCUT2D eigenvalue weighted by atomic mass is 10.1. The van der Waals surface area contributed by atoms with Crippen molar-refractivity contribution >= 4 is 11.8 Å². The normalized spacial score (nSPS) is 29.1. The zero-order valence-electron chi connectivity index (χ0n) is 10.6. The van der Waals surface area contributed by atoms with Gasteiger partial charge in [-0.25, -0.2) is 4.79 Å². The molecule has 10 heteroatoms. The molecule has 108 valence electrons. The minimum Gasteiger partial charge on any atom is -0.395 e. The highest BCUT2D eigenvalue weighted by molar-refractivity contribution is 8.01. The van der Waals surface area contributed by atoms with E-state index in [9.17, 15) is 19.8 Å². The lowest BCUT2D eigenvalue weighted by Crippen LogP contribution is -2.35. The third kappa shape index (κ3) is 2.34. The molecular formula is C10H13N5O4S. The van der Waals surface area contributed by atoms with E-state index in [2.05, 4.69) is 15.0 Å². The molecule has 0 bridgehead atoms. The molecule has 2 rings (SSSR count). The summed E-state index contributed by atoms with van der Waals surface area (Å²) in [5.41, 5.74) is 7.81. The average molecular weight is 299 g/mol. The van der Waals surface area contributed by atoms with Crippen molar-refractivity contribution in [1.82, 2.24) is 9.55 Å². The lowest BCUT2D eigenvalue weighted by molar-refractivity contribution is 0.0928. The molecule has 20 heavy (non-hydrogen) atoms. The molecule has 1 aliphatic rings. The molecule has 9 nitrogen and oxygen atoms in total. The largest absolute Gasteiger partial charge is 0.395 e. The van der Waals surface area contributed by atoms with Crippen LogP contribution in [0.5, 0.6) is 0 Å². The summed E-state index contributed by atoms with van der Waals surface area (Å²) in [4.78, 5) is 26.5. The van der Waals surface area contributed by atoms with Gasteiger partial charge in [0.1, 0.15) is 4.87 Å². The van der Waals surface area contributed by atoms with Gasteiger partial charge in [-0.1, -0.05) is 5.11 Å². The monoisotopic (exact) mass is 299 g/mol. The number of hydrogen-bond donors (Lipinski definition) is 3. The van der Waals surface area contributed by atoms with E-state index in [0.717, 1.165) is 11.8 Å². The van der Waals surface area contributed by atoms with Crippen LogP contribution in [0.2, 0.25) is 0 Å². The lowest BCUT2D eigenvalue weighted by Gasteiger charge is -2.23. The maximum atomic E-state index is 11.8. The Bertz CT molecular complexity index is 679. The number of aliphatic hydroxyl groups is 2. The van der Waals surface area contributed by atoms with Gasteiger partial charge >= 0.3 is 5.69 Å². The van der Waals surface area contributed by atoms with Gasteiger partial charge in [0.15, 0.2) is 0 Å². The molecule has 0 spiro atoms. The van der Waals surface area contributed by atoms with Crippen molar-refractivity contribution < 1.29 is 10.2 Å². The highest BCUT2D eigenvalue weighted by atomic mass is 32.2. The number of aromatic nitrogens is 2. The van der Waals surface area contributed by atoms with Gasteiger partial charge in [0.05, 0.1) is 18.1 Å². The molecule has 1 aromatic heterocycles. The third-order valence-electron chi connectivity index (χ3n) is 3.18. The summed E-state index contributed by atoms with van der Waals surface area (Å²) in [5.74, 6) is 0. The number of aromatic amines is 1. The van der Waals surface area contributed by atoms with Gasteiger partial charge in [0, 0.05) is 23.1 Å². The van der Waals surface area contributed by atoms with Crippen LogP contribution in [-0.4, -0.2) is 37.3 Å². The molecule has 1 saturated heterocycles. The summed E-state index contributed by atoms with van der Waals surface area (Å²) < 4.78 is 1.26. The first kappa shape index (κ1) is 14.7. The number of rotatable bonds is 3. The van der Waals surface area contributed by atoms with Crippen molar-refractivity contribution in [3.8, 4) is 0 Å². The van der Waals surface area contributed by atoms with Crippen LogP contribution in [0, 0.1) is 6.92 Å². The Labute approximate surface area is 116 Å². The second-order valence-electron chi connectivity index (χ2n) is 4.50. The van der Waals surface area contributed by atoms with Gasteiger partial charge in [0.2, 0.25) is 0 Å². The predicted octanol–water partition coefficient (Wildman–Crippen LogP) is -0.160. The number of aryl methyl sites for hydroxylation is 1. The summed E-state index contributed by atoms with van der Waals surface area (Å²) in [6.07, 6.45) is 0.419.